The molecule has 2 aliphatic heterocycles. The van der Waals surface area contributed by atoms with E-state index in [1.165, 1.54) is 12.8 Å². The zero-order valence-corrected chi connectivity index (χ0v) is 26.3. The summed E-state index contributed by atoms with van der Waals surface area (Å²) in [6, 6.07) is 11.4. The first-order chi connectivity index (χ1) is 20.1. The number of hydrogen-bond acceptors (Lipinski definition) is 4. The number of aryl methyl sites for hydroxylation is 1. The van der Waals surface area contributed by atoms with Gasteiger partial charge in [0.25, 0.3) is 11.8 Å². The molecule has 1 saturated heterocycles. The SMILES string of the molecule is Cc1[nH]c(/C=C2\C(=O)Nc3ccc(S(=O)Cc4c(Cl)cccc4Cl)cc32)c(C)c1C(=O)N1CCC[C@H]1CN(C)C1CC1. The van der Waals surface area contributed by atoms with Crippen LogP contribution in [0.3, 0.4) is 0 Å². The maximum absolute atomic E-state index is 13.8. The van der Waals surface area contributed by atoms with E-state index in [0.29, 0.717) is 54.6 Å². The van der Waals surface area contributed by atoms with E-state index >= 15 is 0 Å². The van der Waals surface area contributed by atoms with E-state index in [0.717, 1.165) is 37.2 Å². The van der Waals surface area contributed by atoms with Gasteiger partial charge in [0, 0.05) is 68.3 Å². The highest BCUT2D eigenvalue weighted by atomic mass is 35.5. The monoisotopic (exact) mass is 624 g/mol. The molecule has 1 unspecified atom stereocenters. The summed E-state index contributed by atoms with van der Waals surface area (Å²) >= 11 is 12.6. The number of aromatic amines is 1. The fraction of sp³-hybridized carbons (Fsp3) is 0.375. The topological polar surface area (TPSA) is 85.5 Å². The van der Waals surface area contributed by atoms with Crippen LogP contribution in [0.15, 0.2) is 41.3 Å². The first kappa shape index (κ1) is 29.2. The van der Waals surface area contributed by atoms with Crippen molar-refractivity contribution in [3.05, 3.63) is 80.1 Å². The van der Waals surface area contributed by atoms with Crippen LogP contribution in [0.5, 0.6) is 0 Å². The molecule has 1 aliphatic carbocycles. The molecule has 0 radical (unpaired) electrons. The minimum Gasteiger partial charge on any atom is -0.358 e. The number of carbonyl (C=O) groups excluding carboxylic acids is 2. The summed E-state index contributed by atoms with van der Waals surface area (Å²) in [5.74, 6) is -0.0411. The summed E-state index contributed by atoms with van der Waals surface area (Å²) in [6.45, 7) is 5.50. The largest absolute Gasteiger partial charge is 0.358 e. The number of likely N-dealkylation sites (tertiary alicyclic amines) is 1. The number of aromatic nitrogens is 1. The van der Waals surface area contributed by atoms with Crippen molar-refractivity contribution >= 4 is 63.2 Å². The Balaban J connectivity index is 1.27. The zero-order chi connectivity index (χ0) is 29.7. The molecule has 2 aromatic carbocycles. The van der Waals surface area contributed by atoms with Crippen molar-refractivity contribution in [2.45, 2.75) is 62.3 Å². The fourth-order valence-electron chi connectivity index (χ4n) is 6.15. The molecule has 3 aromatic rings. The van der Waals surface area contributed by atoms with Crippen molar-refractivity contribution in [3.8, 4) is 0 Å². The molecule has 42 heavy (non-hydrogen) atoms. The zero-order valence-electron chi connectivity index (χ0n) is 23.9. The summed E-state index contributed by atoms with van der Waals surface area (Å²) in [5.41, 5.74) is 5.39. The molecule has 220 valence electrons. The molecule has 2 amide bonds. The highest BCUT2D eigenvalue weighted by molar-refractivity contribution is 7.84. The van der Waals surface area contributed by atoms with Gasteiger partial charge < -0.3 is 20.1 Å². The highest BCUT2D eigenvalue weighted by Gasteiger charge is 2.35. The van der Waals surface area contributed by atoms with Gasteiger partial charge in [-0.25, -0.2) is 0 Å². The average molecular weight is 626 g/mol. The Labute approximate surface area is 258 Å². The Bertz CT molecular complexity index is 1620. The summed E-state index contributed by atoms with van der Waals surface area (Å²) in [4.78, 5) is 35.2. The van der Waals surface area contributed by atoms with Gasteiger partial charge in [-0.05, 0) is 88.5 Å². The average Bonchev–Trinajstić information content (AvgIpc) is 3.55. The molecular weight excluding hydrogens is 591 g/mol. The lowest BCUT2D eigenvalue weighted by Crippen LogP contribution is -2.43. The van der Waals surface area contributed by atoms with Crippen LogP contribution < -0.4 is 5.32 Å². The number of H-pyrrole nitrogens is 1. The Hall–Kier alpha value is -2.91. The molecule has 0 bridgehead atoms. The normalized spacial score (nSPS) is 20.0. The minimum absolute atomic E-state index is 0.0461. The summed E-state index contributed by atoms with van der Waals surface area (Å²) in [5, 5.41) is 3.84. The number of benzene rings is 2. The number of likely N-dealkylation sites (N-methyl/N-ethyl adjacent to an activating group) is 1. The predicted octanol–water partition coefficient (Wildman–Crippen LogP) is 6.44. The predicted molar refractivity (Wildman–Crippen MR) is 169 cm³/mol. The van der Waals surface area contributed by atoms with Gasteiger partial charge in [-0.2, -0.15) is 0 Å². The lowest BCUT2D eigenvalue weighted by atomic mass is 10.0. The number of nitrogens with one attached hydrogen (secondary N) is 2. The van der Waals surface area contributed by atoms with E-state index in [2.05, 4.69) is 22.2 Å². The van der Waals surface area contributed by atoms with Crippen LogP contribution >= 0.6 is 23.2 Å². The van der Waals surface area contributed by atoms with Crippen LogP contribution in [0.1, 0.15) is 64.1 Å². The third kappa shape index (κ3) is 5.57. The van der Waals surface area contributed by atoms with Gasteiger partial charge in [0.1, 0.15) is 0 Å². The summed E-state index contributed by atoms with van der Waals surface area (Å²) in [7, 11) is 0.724. The quantitative estimate of drug-likeness (QED) is 0.283. The molecule has 3 heterocycles. The van der Waals surface area contributed by atoms with Crippen LogP contribution in [0, 0.1) is 13.8 Å². The number of amides is 2. The fourth-order valence-corrected chi connectivity index (χ4v) is 8.05. The number of carbonyl (C=O) groups is 2. The second-order valence-electron chi connectivity index (χ2n) is 11.5. The number of hydrogen-bond donors (Lipinski definition) is 2. The summed E-state index contributed by atoms with van der Waals surface area (Å²) < 4.78 is 13.3. The molecule has 10 heteroatoms. The van der Waals surface area contributed by atoms with E-state index in [-0.39, 0.29) is 23.6 Å². The Morgan fingerprint density at radius 3 is 2.60 bits per heavy atom. The van der Waals surface area contributed by atoms with Crippen LogP contribution in [-0.2, 0) is 21.3 Å². The molecule has 2 fully saturated rings. The van der Waals surface area contributed by atoms with Crippen LogP contribution in [-0.4, -0.2) is 63.0 Å². The molecule has 3 aliphatic rings. The second kappa shape index (κ2) is 11.6. The molecule has 2 atom stereocenters. The highest BCUT2D eigenvalue weighted by Crippen LogP contribution is 2.37. The Morgan fingerprint density at radius 2 is 1.88 bits per heavy atom. The second-order valence-corrected chi connectivity index (χ2v) is 13.8. The minimum atomic E-state index is -1.44. The van der Waals surface area contributed by atoms with Crippen molar-refractivity contribution < 1.29 is 13.8 Å². The van der Waals surface area contributed by atoms with Crippen LogP contribution in [0.4, 0.5) is 5.69 Å². The summed E-state index contributed by atoms with van der Waals surface area (Å²) in [6.07, 6.45) is 6.31. The third-order valence-electron chi connectivity index (χ3n) is 8.66. The lowest BCUT2D eigenvalue weighted by molar-refractivity contribution is -0.110. The van der Waals surface area contributed by atoms with E-state index in [1.807, 2.05) is 18.7 Å². The van der Waals surface area contributed by atoms with Gasteiger partial charge in [0.15, 0.2) is 0 Å². The van der Waals surface area contributed by atoms with Crippen LogP contribution in [0.2, 0.25) is 10.0 Å². The van der Waals surface area contributed by atoms with E-state index < -0.39 is 10.8 Å². The van der Waals surface area contributed by atoms with E-state index in [4.69, 9.17) is 23.2 Å². The maximum Gasteiger partial charge on any atom is 0.256 e. The van der Waals surface area contributed by atoms with E-state index in [9.17, 15) is 13.8 Å². The molecular formula is C32H34Cl2N4O3S. The van der Waals surface area contributed by atoms with Gasteiger partial charge in [0.2, 0.25) is 0 Å². The first-order valence-corrected chi connectivity index (χ1v) is 16.4. The molecule has 1 saturated carbocycles. The Morgan fingerprint density at radius 1 is 1.14 bits per heavy atom. The lowest BCUT2D eigenvalue weighted by Gasteiger charge is -2.29. The van der Waals surface area contributed by atoms with Crippen molar-refractivity contribution in [1.82, 2.24) is 14.8 Å². The molecule has 0 spiro atoms. The number of fused-ring (bicyclic) bond motifs is 1. The standard InChI is InChI=1S/C32H34Cl2N4O3S/c1-18-29(35-19(2)30(18)32(40)38-13-5-6-21(38)16-37(3)20-9-10-20)15-24-23-14-22(11-12-28(23)36-31(24)39)42(41)17-25-26(33)7-4-8-27(25)34/h4,7-8,11-12,14-15,20-21,35H,5-6,9-10,13,16-17H2,1-3H3,(H,36,39)/b24-15-/t21-,42?/m0/s1. The third-order valence-corrected chi connectivity index (χ3v) is 10.7. The van der Waals surface area contributed by atoms with Gasteiger partial charge in [-0.3, -0.25) is 13.8 Å². The molecule has 2 N–H and O–H groups in total. The first-order valence-electron chi connectivity index (χ1n) is 14.3. The Kier molecular flexibility index (Phi) is 8.09. The van der Waals surface area contributed by atoms with Crippen molar-refractivity contribution in [1.29, 1.82) is 0 Å². The smallest absolute Gasteiger partial charge is 0.256 e. The number of nitrogens with zero attached hydrogens (tertiary/aromatic N) is 2. The maximum atomic E-state index is 13.8. The molecule has 7 nitrogen and oxygen atoms in total. The van der Waals surface area contributed by atoms with Gasteiger partial charge in [0.05, 0.1) is 27.7 Å². The van der Waals surface area contributed by atoms with Crippen LogP contribution in [0.25, 0.3) is 11.6 Å². The van der Waals surface area contributed by atoms with E-state index in [1.54, 1.807) is 42.5 Å². The molecule has 1 aromatic heterocycles. The number of halogens is 2. The van der Waals surface area contributed by atoms with Crippen molar-refractivity contribution in [2.24, 2.45) is 0 Å². The van der Waals surface area contributed by atoms with Crippen molar-refractivity contribution in [2.75, 3.05) is 25.5 Å². The molecule has 6 rings (SSSR count). The van der Waals surface area contributed by atoms with Gasteiger partial charge >= 0.3 is 0 Å². The van der Waals surface area contributed by atoms with Crippen molar-refractivity contribution in [3.63, 3.8) is 0 Å². The number of anilines is 1. The number of rotatable bonds is 8. The van der Waals surface area contributed by atoms with Gasteiger partial charge in [-0.15, -0.1) is 0 Å². The van der Waals surface area contributed by atoms with Gasteiger partial charge in [-0.1, -0.05) is 29.3 Å².